The molecule has 4 rings (SSSR count). The van der Waals surface area contributed by atoms with Gasteiger partial charge in [0.2, 0.25) is 11.8 Å². The second-order valence-corrected chi connectivity index (χ2v) is 9.33. The summed E-state index contributed by atoms with van der Waals surface area (Å²) in [5.41, 5.74) is 4.84. The Morgan fingerprint density at radius 3 is 2.55 bits per heavy atom. The van der Waals surface area contributed by atoms with E-state index in [1.165, 1.54) is 6.21 Å². The summed E-state index contributed by atoms with van der Waals surface area (Å²) in [4.78, 5) is 26.7. The zero-order chi connectivity index (χ0) is 27.1. The zero-order valence-electron chi connectivity index (χ0n) is 20.9. The first-order valence-corrected chi connectivity index (χ1v) is 12.7. The quantitative estimate of drug-likeness (QED) is 0.264. The molecule has 198 valence electrons. The maximum absolute atomic E-state index is 12.7. The van der Waals surface area contributed by atoms with Crippen molar-refractivity contribution >= 4 is 46.9 Å². The summed E-state index contributed by atoms with van der Waals surface area (Å²) >= 11 is 12.1. The van der Waals surface area contributed by atoms with E-state index in [0.717, 1.165) is 11.3 Å². The van der Waals surface area contributed by atoms with Crippen molar-refractivity contribution in [3.05, 3.63) is 81.8 Å². The topological polar surface area (TPSA) is 89.5 Å². The Bertz CT molecular complexity index is 1330. The highest BCUT2D eigenvalue weighted by molar-refractivity contribution is 6.42. The van der Waals surface area contributed by atoms with Crippen LogP contribution in [0.25, 0.3) is 0 Å². The highest BCUT2D eigenvalue weighted by Gasteiger charge is 2.35. The van der Waals surface area contributed by atoms with Crippen molar-refractivity contribution in [3.8, 4) is 17.2 Å². The lowest BCUT2D eigenvalue weighted by molar-refractivity contribution is -0.126. The van der Waals surface area contributed by atoms with Crippen LogP contribution in [0.4, 0.5) is 5.69 Å². The Hall–Kier alpha value is -3.75. The van der Waals surface area contributed by atoms with E-state index in [1.807, 2.05) is 13.0 Å². The number of carbonyl (C=O) groups is 2. The number of halogens is 2. The van der Waals surface area contributed by atoms with Crippen LogP contribution >= 0.6 is 23.2 Å². The molecule has 0 radical (unpaired) electrons. The maximum atomic E-state index is 12.7. The minimum Gasteiger partial charge on any atom is -0.497 e. The van der Waals surface area contributed by atoms with Crippen molar-refractivity contribution in [2.45, 2.75) is 20.0 Å². The van der Waals surface area contributed by atoms with Crippen LogP contribution in [-0.4, -0.2) is 38.3 Å². The van der Waals surface area contributed by atoms with E-state index in [1.54, 1.807) is 66.6 Å². The van der Waals surface area contributed by atoms with E-state index in [4.69, 9.17) is 37.4 Å². The van der Waals surface area contributed by atoms with Gasteiger partial charge in [0.25, 0.3) is 0 Å². The van der Waals surface area contributed by atoms with Crippen LogP contribution < -0.4 is 24.5 Å². The van der Waals surface area contributed by atoms with Gasteiger partial charge in [-0.25, -0.2) is 5.43 Å². The lowest BCUT2D eigenvalue weighted by atomic mass is 10.1. The van der Waals surface area contributed by atoms with Gasteiger partial charge in [-0.1, -0.05) is 29.3 Å². The molecule has 10 heteroatoms. The molecule has 1 fully saturated rings. The molecular formula is C28H27Cl2N3O5. The standard InChI is InChI=1S/C28H27Cl2N3O5/c1-3-37-26-13-18(5-11-25(26)38-17-19-4-10-23(29)24(30)12-19)15-31-32-28(35)20-14-27(34)33(16-20)21-6-8-22(36-2)9-7-21/h4-13,15,20H,3,14,16-17H2,1-2H3,(H,32,35)/b31-15+/t20-/m0/s1. The van der Waals surface area contributed by atoms with Gasteiger partial charge >= 0.3 is 0 Å². The molecule has 1 saturated heterocycles. The third kappa shape index (κ3) is 6.76. The molecule has 8 nitrogen and oxygen atoms in total. The second-order valence-electron chi connectivity index (χ2n) is 8.51. The monoisotopic (exact) mass is 555 g/mol. The fraction of sp³-hybridized carbons (Fsp3) is 0.250. The molecule has 1 N–H and O–H groups in total. The van der Waals surface area contributed by atoms with Crippen LogP contribution in [0.5, 0.6) is 17.2 Å². The van der Waals surface area contributed by atoms with Crippen molar-refractivity contribution in [1.82, 2.24) is 5.43 Å². The van der Waals surface area contributed by atoms with E-state index in [-0.39, 0.29) is 31.4 Å². The van der Waals surface area contributed by atoms with Gasteiger partial charge in [0, 0.05) is 18.7 Å². The first kappa shape index (κ1) is 27.3. The van der Waals surface area contributed by atoms with E-state index >= 15 is 0 Å². The molecule has 3 aromatic rings. The number of methoxy groups -OCH3 is 1. The Morgan fingerprint density at radius 1 is 1.05 bits per heavy atom. The highest BCUT2D eigenvalue weighted by Crippen LogP contribution is 2.30. The number of rotatable bonds is 10. The molecule has 1 aliphatic heterocycles. The first-order chi connectivity index (χ1) is 18.4. The van der Waals surface area contributed by atoms with Gasteiger partial charge in [-0.3, -0.25) is 9.59 Å². The van der Waals surface area contributed by atoms with Crippen LogP contribution in [0.1, 0.15) is 24.5 Å². The summed E-state index contributed by atoms with van der Waals surface area (Å²) < 4.78 is 16.8. The van der Waals surface area contributed by atoms with Crippen molar-refractivity contribution < 1.29 is 23.8 Å². The SMILES string of the molecule is CCOc1cc(/C=N/NC(=O)[C@H]2CC(=O)N(c3ccc(OC)cc3)C2)ccc1OCc1ccc(Cl)c(Cl)c1. The van der Waals surface area contributed by atoms with Crippen LogP contribution in [0.15, 0.2) is 65.8 Å². The van der Waals surface area contributed by atoms with Crippen LogP contribution in [0, 0.1) is 5.92 Å². The third-order valence-electron chi connectivity index (χ3n) is 5.91. The number of benzene rings is 3. The third-order valence-corrected chi connectivity index (χ3v) is 6.65. The van der Waals surface area contributed by atoms with Gasteiger partial charge < -0.3 is 19.1 Å². The molecule has 2 amide bonds. The average molecular weight is 556 g/mol. The van der Waals surface area contributed by atoms with E-state index < -0.39 is 5.92 Å². The Labute approximate surface area is 231 Å². The average Bonchev–Trinajstić information content (AvgIpc) is 3.32. The van der Waals surface area contributed by atoms with E-state index in [2.05, 4.69) is 10.5 Å². The van der Waals surface area contributed by atoms with Gasteiger partial charge in [0.05, 0.1) is 35.9 Å². The predicted octanol–water partition coefficient (Wildman–Crippen LogP) is 5.48. The predicted molar refractivity (Wildman–Crippen MR) is 148 cm³/mol. The number of nitrogens with zero attached hydrogens (tertiary/aromatic N) is 2. The van der Waals surface area contributed by atoms with Crippen LogP contribution in [0.2, 0.25) is 10.0 Å². The fourth-order valence-corrected chi connectivity index (χ4v) is 4.26. The summed E-state index contributed by atoms with van der Waals surface area (Å²) in [6.07, 6.45) is 1.63. The highest BCUT2D eigenvalue weighted by atomic mass is 35.5. The molecule has 38 heavy (non-hydrogen) atoms. The number of hydrogen-bond acceptors (Lipinski definition) is 6. The molecule has 0 saturated carbocycles. The van der Waals surface area contributed by atoms with Crippen molar-refractivity contribution in [3.63, 3.8) is 0 Å². The molecule has 1 aliphatic rings. The molecular weight excluding hydrogens is 529 g/mol. The maximum Gasteiger partial charge on any atom is 0.245 e. The van der Waals surface area contributed by atoms with Gasteiger partial charge in [-0.2, -0.15) is 5.10 Å². The molecule has 0 unspecified atom stereocenters. The lowest BCUT2D eigenvalue weighted by Crippen LogP contribution is -2.30. The second kappa shape index (κ2) is 12.7. The number of hydrogen-bond donors (Lipinski definition) is 1. The molecule has 0 aliphatic carbocycles. The molecule has 0 spiro atoms. The number of nitrogens with one attached hydrogen (secondary N) is 1. The number of carbonyl (C=O) groups excluding carboxylic acids is 2. The summed E-state index contributed by atoms with van der Waals surface area (Å²) in [6.45, 7) is 2.89. The number of amides is 2. The summed E-state index contributed by atoms with van der Waals surface area (Å²) in [5, 5.41) is 5.02. The first-order valence-electron chi connectivity index (χ1n) is 12.0. The van der Waals surface area contributed by atoms with Crippen molar-refractivity contribution in [2.24, 2.45) is 11.0 Å². The van der Waals surface area contributed by atoms with Gasteiger partial charge in [-0.15, -0.1) is 0 Å². The normalized spacial score (nSPS) is 15.1. The van der Waals surface area contributed by atoms with Crippen molar-refractivity contribution in [2.75, 3.05) is 25.2 Å². The minimum absolute atomic E-state index is 0.114. The van der Waals surface area contributed by atoms with Crippen LogP contribution in [-0.2, 0) is 16.2 Å². The largest absolute Gasteiger partial charge is 0.497 e. The minimum atomic E-state index is -0.502. The Kier molecular flexibility index (Phi) is 9.10. The van der Waals surface area contributed by atoms with Gasteiger partial charge in [0.1, 0.15) is 12.4 Å². The van der Waals surface area contributed by atoms with E-state index in [9.17, 15) is 9.59 Å². The fourth-order valence-electron chi connectivity index (χ4n) is 3.94. The molecule has 1 atom stereocenters. The molecule has 0 bridgehead atoms. The van der Waals surface area contributed by atoms with E-state index in [0.29, 0.717) is 39.5 Å². The number of anilines is 1. The Morgan fingerprint density at radius 2 is 1.84 bits per heavy atom. The smallest absolute Gasteiger partial charge is 0.245 e. The van der Waals surface area contributed by atoms with Crippen molar-refractivity contribution in [1.29, 1.82) is 0 Å². The van der Waals surface area contributed by atoms with Gasteiger partial charge in [0.15, 0.2) is 11.5 Å². The lowest BCUT2D eigenvalue weighted by Gasteiger charge is -2.16. The molecule has 1 heterocycles. The molecule has 0 aromatic heterocycles. The molecule has 3 aromatic carbocycles. The summed E-state index contributed by atoms with van der Waals surface area (Å²) in [7, 11) is 1.58. The Balaban J connectivity index is 1.35. The summed E-state index contributed by atoms with van der Waals surface area (Å²) in [5.74, 6) is 0.858. The van der Waals surface area contributed by atoms with Crippen LogP contribution in [0.3, 0.4) is 0 Å². The zero-order valence-corrected chi connectivity index (χ0v) is 22.5. The van der Waals surface area contributed by atoms with Gasteiger partial charge in [-0.05, 0) is 72.6 Å². The number of hydrazone groups is 1. The number of ether oxygens (including phenoxy) is 3. The summed E-state index contributed by atoms with van der Waals surface area (Å²) in [6, 6.07) is 17.8.